The Morgan fingerprint density at radius 2 is 2.00 bits per heavy atom. The van der Waals surface area contributed by atoms with Gasteiger partial charge in [-0.25, -0.2) is 0 Å². The molecular formula is C20H30O4. The van der Waals surface area contributed by atoms with E-state index in [0.717, 1.165) is 42.6 Å². The van der Waals surface area contributed by atoms with Crippen molar-refractivity contribution in [3.63, 3.8) is 0 Å². The van der Waals surface area contributed by atoms with Gasteiger partial charge in [0.05, 0.1) is 12.7 Å². The summed E-state index contributed by atoms with van der Waals surface area (Å²) in [7, 11) is 0. The molecule has 0 aliphatic carbocycles. The van der Waals surface area contributed by atoms with E-state index in [1.54, 1.807) is 12.1 Å². The van der Waals surface area contributed by atoms with Crippen molar-refractivity contribution in [1.82, 2.24) is 0 Å². The molecule has 0 aliphatic rings. The van der Waals surface area contributed by atoms with Gasteiger partial charge < -0.3 is 19.7 Å². The van der Waals surface area contributed by atoms with Crippen molar-refractivity contribution in [2.45, 2.75) is 58.7 Å². The van der Waals surface area contributed by atoms with Gasteiger partial charge in [0.15, 0.2) is 0 Å². The maximum absolute atomic E-state index is 10.4. The van der Waals surface area contributed by atoms with Crippen LogP contribution < -0.4 is 0 Å². The fourth-order valence-electron chi connectivity index (χ4n) is 2.64. The Hall–Kier alpha value is -1.62. The normalized spacial score (nSPS) is 14.0. The molecule has 0 aliphatic heterocycles. The second kappa shape index (κ2) is 11.0. The minimum Gasteiger partial charge on any atom is -0.459 e. The molecule has 0 fully saturated rings. The number of rotatable bonds is 11. The van der Waals surface area contributed by atoms with Crippen molar-refractivity contribution in [2.75, 3.05) is 6.61 Å². The Bertz CT molecular complexity index is 566. The second-order valence-electron chi connectivity index (χ2n) is 5.87. The summed E-state index contributed by atoms with van der Waals surface area (Å²) >= 11 is 0. The van der Waals surface area contributed by atoms with E-state index >= 15 is 0 Å². The third-order valence-electron chi connectivity index (χ3n) is 4.00. The van der Waals surface area contributed by atoms with E-state index in [9.17, 15) is 5.11 Å². The van der Waals surface area contributed by atoms with Crippen LogP contribution in [0, 0.1) is 0 Å². The van der Waals surface area contributed by atoms with Crippen molar-refractivity contribution >= 4 is 6.08 Å². The van der Waals surface area contributed by atoms with E-state index in [1.807, 2.05) is 19.1 Å². The largest absolute Gasteiger partial charge is 0.459 e. The lowest BCUT2D eigenvalue weighted by molar-refractivity contribution is 0.200. The molecule has 1 atom stereocenters. The topological polar surface area (TPSA) is 73.8 Å². The van der Waals surface area contributed by atoms with Crippen LogP contribution in [0.2, 0.25) is 0 Å². The van der Waals surface area contributed by atoms with E-state index in [0.29, 0.717) is 12.2 Å². The van der Waals surface area contributed by atoms with Gasteiger partial charge in [0.2, 0.25) is 0 Å². The first-order valence-corrected chi connectivity index (χ1v) is 8.61. The van der Waals surface area contributed by atoms with Crippen molar-refractivity contribution in [2.24, 2.45) is 0 Å². The van der Waals surface area contributed by atoms with Crippen LogP contribution in [0.5, 0.6) is 0 Å². The van der Waals surface area contributed by atoms with Gasteiger partial charge in [0.25, 0.3) is 0 Å². The van der Waals surface area contributed by atoms with Crippen LogP contribution in [0.25, 0.3) is 6.08 Å². The zero-order chi connectivity index (χ0) is 17.9. The first-order chi connectivity index (χ1) is 11.5. The zero-order valence-electron chi connectivity index (χ0n) is 14.8. The Morgan fingerprint density at radius 1 is 1.25 bits per heavy atom. The molecule has 0 spiro atoms. The van der Waals surface area contributed by atoms with Gasteiger partial charge >= 0.3 is 0 Å². The maximum Gasteiger partial charge on any atom is 0.130 e. The van der Waals surface area contributed by atoms with E-state index in [4.69, 9.17) is 14.6 Å². The lowest BCUT2D eigenvalue weighted by atomic mass is 9.93. The highest BCUT2D eigenvalue weighted by atomic mass is 16.4. The van der Waals surface area contributed by atoms with Crippen LogP contribution in [0.4, 0.5) is 0 Å². The van der Waals surface area contributed by atoms with Crippen LogP contribution in [0.3, 0.4) is 0 Å². The Morgan fingerprint density at radius 3 is 2.54 bits per heavy atom. The van der Waals surface area contributed by atoms with Crippen LogP contribution in [-0.2, 0) is 6.61 Å². The predicted molar refractivity (Wildman–Crippen MR) is 97.4 cm³/mol. The average Bonchev–Trinajstić information content (AvgIpc) is 3.04. The molecule has 3 N–H and O–H groups in total. The first kappa shape index (κ1) is 20.4. The SMILES string of the molecule is C=C(CC)/C(=C/CO)C(O)CC/C(=C/c1ccc(CO)o1)CCC. The van der Waals surface area contributed by atoms with Gasteiger partial charge in [-0.3, -0.25) is 0 Å². The monoisotopic (exact) mass is 334 g/mol. The summed E-state index contributed by atoms with van der Waals surface area (Å²) in [5.74, 6) is 1.27. The molecule has 0 saturated carbocycles. The highest BCUT2D eigenvalue weighted by molar-refractivity contribution is 5.47. The molecule has 4 heteroatoms. The summed E-state index contributed by atoms with van der Waals surface area (Å²) in [6, 6.07) is 3.60. The molecule has 134 valence electrons. The van der Waals surface area contributed by atoms with Gasteiger partial charge in [-0.05, 0) is 55.0 Å². The van der Waals surface area contributed by atoms with Crippen LogP contribution in [-0.4, -0.2) is 28.0 Å². The summed E-state index contributed by atoms with van der Waals surface area (Å²) in [4.78, 5) is 0. The Balaban J connectivity index is 2.77. The molecule has 4 nitrogen and oxygen atoms in total. The third kappa shape index (κ3) is 6.48. The molecular weight excluding hydrogens is 304 g/mol. The smallest absolute Gasteiger partial charge is 0.130 e. The minimum atomic E-state index is -0.630. The van der Waals surface area contributed by atoms with Gasteiger partial charge in [-0.2, -0.15) is 0 Å². The lowest BCUT2D eigenvalue weighted by Gasteiger charge is -2.17. The molecule has 0 radical (unpaired) electrons. The summed E-state index contributed by atoms with van der Waals surface area (Å²) in [5, 5.41) is 28.7. The summed E-state index contributed by atoms with van der Waals surface area (Å²) in [6.07, 6.45) is 6.99. The molecule has 24 heavy (non-hydrogen) atoms. The average molecular weight is 334 g/mol. The van der Waals surface area contributed by atoms with E-state index < -0.39 is 6.10 Å². The Labute approximate surface area is 144 Å². The van der Waals surface area contributed by atoms with Crippen LogP contribution >= 0.6 is 0 Å². The number of allylic oxidation sites excluding steroid dienone is 1. The molecule has 1 rings (SSSR count). The molecule has 1 aromatic heterocycles. The lowest BCUT2D eigenvalue weighted by Crippen LogP contribution is -2.13. The van der Waals surface area contributed by atoms with Crippen molar-refractivity contribution in [3.05, 3.63) is 53.0 Å². The first-order valence-electron chi connectivity index (χ1n) is 8.61. The molecule has 0 saturated heterocycles. The summed E-state index contributed by atoms with van der Waals surface area (Å²) in [5.41, 5.74) is 2.79. The van der Waals surface area contributed by atoms with Gasteiger partial charge in [0, 0.05) is 0 Å². The summed E-state index contributed by atoms with van der Waals surface area (Å²) < 4.78 is 5.51. The second-order valence-corrected chi connectivity index (χ2v) is 5.87. The predicted octanol–water partition coefficient (Wildman–Crippen LogP) is 3.98. The number of furan rings is 1. The van der Waals surface area contributed by atoms with Gasteiger partial charge in [0.1, 0.15) is 18.1 Å². The van der Waals surface area contributed by atoms with Crippen LogP contribution in [0.15, 0.2) is 45.9 Å². The highest BCUT2D eigenvalue weighted by Crippen LogP contribution is 2.24. The van der Waals surface area contributed by atoms with E-state index in [1.165, 1.54) is 5.57 Å². The number of hydrogen-bond acceptors (Lipinski definition) is 4. The zero-order valence-corrected chi connectivity index (χ0v) is 14.8. The quantitative estimate of drug-likeness (QED) is 0.535. The van der Waals surface area contributed by atoms with Gasteiger partial charge in [-0.1, -0.05) is 38.5 Å². The number of aliphatic hydroxyl groups is 3. The molecule has 1 unspecified atom stereocenters. The molecule has 0 amide bonds. The molecule has 1 aromatic rings. The maximum atomic E-state index is 10.4. The fourth-order valence-corrected chi connectivity index (χ4v) is 2.64. The molecule has 0 aromatic carbocycles. The fraction of sp³-hybridized carbons (Fsp3) is 0.500. The Kier molecular flexibility index (Phi) is 9.38. The van der Waals surface area contributed by atoms with E-state index in [-0.39, 0.29) is 13.2 Å². The summed E-state index contributed by atoms with van der Waals surface area (Å²) in [6.45, 7) is 7.86. The van der Waals surface area contributed by atoms with E-state index in [2.05, 4.69) is 13.5 Å². The van der Waals surface area contributed by atoms with Gasteiger partial charge in [-0.15, -0.1) is 0 Å². The molecule has 1 heterocycles. The minimum absolute atomic E-state index is 0.0978. The van der Waals surface area contributed by atoms with Crippen molar-refractivity contribution in [1.29, 1.82) is 0 Å². The van der Waals surface area contributed by atoms with Crippen LogP contribution in [0.1, 0.15) is 57.5 Å². The standard InChI is InChI=1S/C20H30O4/c1-4-6-16(13-17-8-9-18(14-22)24-17)7-10-20(23)19(11-12-21)15(3)5-2/h8-9,11,13,20-23H,3-7,10,12,14H2,1-2H3/b16-13+,19-11-. The third-order valence-corrected chi connectivity index (χ3v) is 4.00. The molecule has 0 bridgehead atoms. The van der Waals surface area contributed by atoms with Crippen molar-refractivity contribution in [3.8, 4) is 0 Å². The highest BCUT2D eigenvalue weighted by Gasteiger charge is 2.14. The number of aliphatic hydroxyl groups excluding tert-OH is 3. The van der Waals surface area contributed by atoms with Crippen molar-refractivity contribution < 1.29 is 19.7 Å². The number of hydrogen-bond donors (Lipinski definition) is 3.